The SMILES string of the molecule is CC(=O)C(N=Nc1cccc2c1C(=O)c1ccccc1C2=O)C(=O)Nc1ccccc1C. The Morgan fingerprint density at radius 1 is 0.812 bits per heavy atom. The molecule has 0 saturated carbocycles. The van der Waals surface area contributed by atoms with Gasteiger partial charge in [0.15, 0.2) is 17.3 Å². The standard InChI is InChI=1S/C25H19N3O4/c1-14-8-3-6-12-19(14)26-25(32)22(15(2)29)28-27-20-13-7-11-18-21(20)24(31)17-10-5-4-9-16(17)23(18)30/h3-13,22H,1-2H3,(H,26,32). The molecule has 1 amide bonds. The molecule has 0 heterocycles. The minimum Gasteiger partial charge on any atom is -0.324 e. The van der Waals surface area contributed by atoms with E-state index in [1.807, 2.05) is 19.1 Å². The van der Waals surface area contributed by atoms with Crippen molar-refractivity contribution >= 4 is 34.6 Å². The fraction of sp³-hybridized carbons (Fsp3) is 0.120. The summed E-state index contributed by atoms with van der Waals surface area (Å²) in [4.78, 5) is 50.7. The summed E-state index contributed by atoms with van der Waals surface area (Å²) in [5.41, 5.74) is 2.47. The highest BCUT2D eigenvalue weighted by atomic mass is 16.2. The zero-order chi connectivity index (χ0) is 22.8. The van der Waals surface area contributed by atoms with Crippen LogP contribution in [0.5, 0.6) is 0 Å². The molecule has 0 bridgehead atoms. The van der Waals surface area contributed by atoms with Crippen molar-refractivity contribution in [2.24, 2.45) is 10.2 Å². The number of para-hydroxylation sites is 1. The fourth-order valence-electron chi connectivity index (χ4n) is 3.56. The molecule has 0 aromatic heterocycles. The number of hydrogen-bond acceptors (Lipinski definition) is 6. The summed E-state index contributed by atoms with van der Waals surface area (Å²) in [6.07, 6.45) is 0. The lowest BCUT2D eigenvalue weighted by molar-refractivity contribution is -0.126. The molecule has 0 spiro atoms. The number of carbonyl (C=O) groups excluding carboxylic acids is 4. The van der Waals surface area contributed by atoms with Crippen LogP contribution < -0.4 is 5.32 Å². The van der Waals surface area contributed by atoms with Crippen molar-refractivity contribution in [1.82, 2.24) is 0 Å². The molecule has 32 heavy (non-hydrogen) atoms. The zero-order valence-electron chi connectivity index (χ0n) is 17.5. The van der Waals surface area contributed by atoms with Gasteiger partial charge in [-0.15, -0.1) is 0 Å². The van der Waals surface area contributed by atoms with E-state index >= 15 is 0 Å². The van der Waals surface area contributed by atoms with E-state index in [-0.39, 0.29) is 33.9 Å². The minimum absolute atomic E-state index is 0.113. The molecule has 1 aliphatic carbocycles. The van der Waals surface area contributed by atoms with Crippen LogP contribution in [0.25, 0.3) is 0 Å². The molecule has 7 nitrogen and oxygen atoms in total. The highest BCUT2D eigenvalue weighted by Crippen LogP contribution is 2.33. The average Bonchev–Trinajstić information content (AvgIpc) is 2.79. The summed E-state index contributed by atoms with van der Waals surface area (Å²) in [5.74, 6) is -1.77. The van der Waals surface area contributed by atoms with E-state index in [4.69, 9.17) is 0 Å². The third-order valence-electron chi connectivity index (χ3n) is 5.25. The van der Waals surface area contributed by atoms with Crippen LogP contribution in [0.15, 0.2) is 77.0 Å². The first kappa shape index (κ1) is 21.0. The molecule has 1 atom stereocenters. The Balaban J connectivity index is 1.67. The van der Waals surface area contributed by atoms with Gasteiger partial charge in [-0.2, -0.15) is 10.2 Å². The van der Waals surface area contributed by atoms with Crippen molar-refractivity contribution in [2.75, 3.05) is 5.32 Å². The molecule has 7 heteroatoms. The van der Waals surface area contributed by atoms with Crippen LogP contribution in [-0.4, -0.2) is 29.3 Å². The maximum Gasteiger partial charge on any atom is 0.258 e. The highest BCUT2D eigenvalue weighted by Gasteiger charge is 2.32. The molecular weight excluding hydrogens is 406 g/mol. The van der Waals surface area contributed by atoms with Gasteiger partial charge in [0.25, 0.3) is 5.91 Å². The number of nitrogens with zero attached hydrogens (tertiary/aromatic N) is 2. The molecule has 1 N–H and O–H groups in total. The van der Waals surface area contributed by atoms with E-state index < -0.39 is 17.7 Å². The Morgan fingerprint density at radius 3 is 2.12 bits per heavy atom. The van der Waals surface area contributed by atoms with E-state index in [0.717, 1.165) is 5.56 Å². The van der Waals surface area contributed by atoms with Gasteiger partial charge in [0.2, 0.25) is 6.04 Å². The smallest absolute Gasteiger partial charge is 0.258 e. The number of hydrogen-bond donors (Lipinski definition) is 1. The summed E-state index contributed by atoms with van der Waals surface area (Å²) in [6.45, 7) is 3.07. The lowest BCUT2D eigenvalue weighted by Crippen LogP contribution is -2.32. The van der Waals surface area contributed by atoms with Crippen molar-refractivity contribution in [2.45, 2.75) is 19.9 Å². The first-order valence-corrected chi connectivity index (χ1v) is 9.97. The van der Waals surface area contributed by atoms with Crippen LogP contribution in [0.2, 0.25) is 0 Å². The molecule has 1 aliphatic rings. The second-order valence-electron chi connectivity index (χ2n) is 7.44. The number of carbonyl (C=O) groups is 4. The molecule has 0 radical (unpaired) electrons. The van der Waals surface area contributed by atoms with E-state index in [2.05, 4.69) is 15.5 Å². The third kappa shape index (κ3) is 3.76. The second kappa shape index (κ2) is 8.47. The van der Waals surface area contributed by atoms with Gasteiger partial charge >= 0.3 is 0 Å². The Morgan fingerprint density at radius 2 is 1.44 bits per heavy atom. The Hall–Kier alpha value is -4.26. The summed E-state index contributed by atoms with van der Waals surface area (Å²) in [6, 6.07) is 17.0. The number of amides is 1. The first-order chi connectivity index (χ1) is 15.4. The van der Waals surface area contributed by atoms with Gasteiger partial charge in [-0.25, -0.2) is 0 Å². The van der Waals surface area contributed by atoms with Crippen molar-refractivity contribution in [3.8, 4) is 0 Å². The number of rotatable bonds is 5. The number of benzene rings is 3. The molecule has 158 valence electrons. The van der Waals surface area contributed by atoms with E-state index in [1.165, 1.54) is 13.0 Å². The Labute approximate surface area is 184 Å². The van der Waals surface area contributed by atoms with E-state index in [0.29, 0.717) is 11.3 Å². The van der Waals surface area contributed by atoms with Gasteiger partial charge in [-0.05, 0) is 31.5 Å². The van der Waals surface area contributed by atoms with Crippen LogP contribution in [0.3, 0.4) is 0 Å². The molecule has 4 rings (SSSR count). The largest absolute Gasteiger partial charge is 0.324 e. The third-order valence-corrected chi connectivity index (χ3v) is 5.25. The van der Waals surface area contributed by atoms with E-state index in [9.17, 15) is 19.2 Å². The number of anilines is 1. The maximum absolute atomic E-state index is 13.1. The normalized spacial score (nSPS) is 13.4. The molecule has 3 aromatic rings. The molecule has 3 aromatic carbocycles. The van der Waals surface area contributed by atoms with Crippen LogP contribution in [0.1, 0.15) is 44.3 Å². The number of Topliss-reactive ketones (excluding diaryl/α,β-unsaturated/α-hetero) is 1. The van der Waals surface area contributed by atoms with Crippen LogP contribution in [0.4, 0.5) is 11.4 Å². The Bertz CT molecular complexity index is 1310. The lowest BCUT2D eigenvalue weighted by Gasteiger charge is -2.18. The predicted molar refractivity (Wildman–Crippen MR) is 119 cm³/mol. The molecule has 1 unspecified atom stereocenters. The minimum atomic E-state index is -1.40. The summed E-state index contributed by atoms with van der Waals surface area (Å²) >= 11 is 0. The summed E-state index contributed by atoms with van der Waals surface area (Å²) < 4.78 is 0. The van der Waals surface area contributed by atoms with E-state index in [1.54, 1.807) is 48.5 Å². The second-order valence-corrected chi connectivity index (χ2v) is 7.44. The van der Waals surface area contributed by atoms with Crippen molar-refractivity contribution in [3.05, 3.63) is 94.5 Å². The fourth-order valence-corrected chi connectivity index (χ4v) is 3.56. The van der Waals surface area contributed by atoms with Gasteiger partial charge in [-0.3, -0.25) is 19.2 Å². The highest BCUT2D eigenvalue weighted by molar-refractivity contribution is 6.30. The maximum atomic E-state index is 13.1. The number of fused-ring (bicyclic) bond motifs is 2. The van der Waals surface area contributed by atoms with Gasteiger partial charge in [-0.1, -0.05) is 54.6 Å². The van der Waals surface area contributed by atoms with Crippen molar-refractivity contribution in [1.29, 1.82) is 0 Å². The summed E-state index contributed by atoms with van der Waals surface area (Å²) in [5, 5.41) is 10.7. The van der Waals surface area contributed by atoms with Gasteiger partial charge < -0.3 is 5.32 Å². The van der Waals surface area contributed by atoms with Crippen LogP contribution in [0, 0.1) is 6.92 Å². The molecular formula is C25H19N3O4. The molecule has 0 fully saturated rings. The van der Waals surface area contributed by atoms with Gasteiger partial charge in [0.05, 0.1) is 11.3 Å². The van der Waals surface area contributed by atoms with Crippen molar-refractivity contribution in [3.63, 3.8) is 0 Å². The number of ketones is 3. The molecule has 0 saturated heterocycles. The zero-order valence-corrected chi connectivity index (χ0v) is 17.5. The molecule has 0 aliphatic heterocycles. The predicted octanol–water partition coefficient (Wildman–Crippen LogP) is 4.45. The number of aryl methyl sites for hydroxylation is 1. The van der Waals surface area contributed by atoms with Gasteiger partial charge in [0, 0.05) is 22.4 Å². The van der Waals surface area contributed by atoms with Crippen molar-refractivity contribution < 1.29 is 19.2 Å². The lowest BCUT2D eigenvalue weighted by atomic mass is 9.83. The monoisotopic (exact) mass is 425 g/mol. The summed E-state index contributed by atoms with van der Waals surface area (Å²) in [7, 11) is 0. The number of azo groups is 1. The number of nitrogens with one attached hydrogen (secondary N) is 1. The quantitative estimate of drug-likeness (QED) is 0.377. The van der Waals surface area contributed by atoms with Crippen LogP contribution in [-0.2, 0) is 9.59 Å². The topological polar surface area (TPSA) is 105 Å². The first-order valence-electron chi connectivity index (χ1n) is 9.97. The van der Waals surface area contributed by atoms with Gasteiger partial charge in [0.1, 0.15) is 0 Å². The average molecular weight is 425 g/mol. The Kier molecular flexibility index (Phi) is 5.55. The van der Waals surface area contributed by atoms with Crippen LogP contribution >= 0.6 is 0 Å².